The molecule has 0 aliphatic heterocycles. The van der Waals surface area contributed by atoms with E-state index in [1.54, 1.807) is 6.92 Å². The summed E-state index contributed by atoms with van der Waals surface area (Å²) in [7, 11) is 0. The zero-order valence-electron chi connectivity index (χ0n) is 7.81. The monoisotopic (exact) mass is 196 g/mol. The smallest absolute Gasteiger partial charge is 0.171 e. The van der Waals surface area contributed by atoms with Crippen LogP contribution in [0.5, 0.6) is 0 Å². The van der Waals surface area contributed by atoms with E-state index in [1.807, 2.05) is 0 Å². The number of carbonyl (C=O) groups is 1. The highest BCUT2D eigenvalue weighted by Gasteiger charge is 2.45. The van der Waals surface area contributed by atoms with Crippen molar-refractivity contribution in [2.24, 2.45) is 5.41 Å². The first-order valence-electron chi connectivity index (χ1n) is 4.53. The van der Waals surface area contributed by atoms with Crippen LogP contribution in [0.15, 0.2) is 18.2 Å². The molecule has 0 aromatic heterocycles. The molecule has 1 aromatic rings. The lowest BCUT2D eigenvalue weighted by Gasteiger charge is -2.07. The summed E-state index contributed by atoms with van der Waals surface area (Å²) in [6.07, 6.45) is 1.53. The molecule has 3 heteroatoms. The van der Waals surface area contributed by atoms with Gasteiger partial charge in [0.05, 0.1) is 5.56 Å². The van der Waals surface area contributed by atoms with Crippen molar-refractivity contribution >= 4 is 5.78 Å². The zero-order valence-corrected chi connectivity index (χ0v) is 7.81. The van der Waals surface area contributed by atoms with Gasteiger partial charge >= 0.3 is 0 Å². The highest BCUT2D eigenvalue weighted by atomic mass is 19.2. The number of ketones is 1. The highest BCUT2D eigenvalue weighted by molar-refractivity contribution is 6.02. The molecule has 14 heavy (non-hydrogen) atoms. The molecule has 1 aliphatic carbocycles. The van der Waals surface area contributed by atoms with Gasteiger partial charge in [0.2, 0.25) is 0 Å². The van der Waals surface area contributed by atoms with Crippen LogP contribution in [0.4, 0.5) is 8.78 Å². The Morgan fingerprint density at radius 3 is 2.57 bits per heavy atom. The Balaban J connectivity index is 2.41. The fourth-order valence-corrected chi connectivity index (χ4v) is 1.42. The molecule has 0 spiro atoms. The van der Waals surface area contributed by atoms with Crippen LogP contribution in [-0.2, 0) is 0 Å². The van der Waals surface area contributed by atoms with E-state index in [4.69, 9.17) is 0 Å². The predicted octanol–water partition coefficient (Wildman–Crippen LogP) is 2.95. The van der Waals surface area contributed by atoms with Crippen molar-refractivity contribution in [2.75, 3.05) is 0 Å². The lowest BCUT2D eigenvalue weighted by molar-refractivity contribution is 0.0907. The van der Waals surface area contributed by atoms with Gasteiger partial charge in [0.1, 0.15) is 0 Å². The van der Waals surface area contributed by atoms with Crippen molar-refractivity contribution in [1.82, 2.24) is 0 Å². The minimum atomic E-state index is -1.02. The Morgan fingerprint density at radius 1 is 1.36 bits per heavy atom. The van der Waals surface area contributed by atoms with Crippen LogP contribution in [0.2, 0.25) is 0 Å². The maximum Gasteiger partial charge on any atom is 0.171 e. The van der Waals surface area contributed by atoms with Crippen LogP contribution >= 0.6 is 0 Å². The molecule has 0 atom stereocenters. The molecule has 1 fully saturated rings. The second-order valence-corrected chi connectivity index (χ2v) is 3.99. The van der Waals surface area contributed by atoms with Crippen molar-refractivity contribution in [2.45, 2.75) is 19.8 Å². The summed E-state index contributed by atoms with van der Waals surface area (Å²) in [5, 5.41) is 0. The molecule has 1 saturated carbocycles. The van der Waals surface area contributed by atoms with E-state index in [0.717, 1.165) is 18.9 Å². The molecular formula is C11H10F2O. The standard InChI is InChI=1S/C11H10F2O/c1-11(5-6-11)10(14)7-3-2-4-8(12)9(7)13/h2-4H,5-6H2,1H3. The average molecular weight is 196 g/mol. The molecule has 0 saturated heterocycles. The first-order chi connectivity index (χ1) is 6.54. The molecule has 1 nitrogen and oxygen atoms in total. The lowest BCUT2D eigenvalue weighted by atomic mass is 9.96. The summed E-state index contributed by atoms with van der Waals surface area (Å²) in [6.45, 7) is 1.78. The van der Waals surface area contributed by atoms with Gasteiger partial charge in [-0.3, -0.25) is 4.79 Å². The Bertz CT molecular complexity index is 394. The largest absolute Gasteiger partial charge is 0.293 e. The average Bonchev–Trinajstić information content (AvgIpc) is 2.89. The summed E-state index contributed by atoms with van der Waals surface area (Å²) >= 11 is 0. The van der Waals surface area contributed by atoms with Crippen molar-refractivity contribution in [3.8, 4) is 0 Å². The SMILES string of the molecule is CC1(C(=O)c2cccc(F)c2F)CC1. The second-order valence-electron chi connectivity index (χ2n) is 3.99. The fraction of sp³-hybridized carbons (Fsp3) is 0.364. The van der Waals surface area contributed by atoms with E-state index in [-0.39, 0.29) is 11.3 Å². The molecule has 0 radical (unpaired) electrons. The van der Waals surface area contributed by atoms with E-state index >= 15 is 0 Å². The molecule has 0 amide bonds. The van der Waals surface area contributed by atoms with Crippen molar-refractivity contribution in [3.05, 3.63) is 35.4 Å². The van der Waals surface area contributed by atoms with Crippen LogP contribution in [-0.4, -0.2) is 5.78 Å². The van der Waals surface area contributed by atoms with Crippen LogP contribution in [0.25, 0.3) is 0 Å². The molecule has 0 heterocycles. The number of benzene rings is 1. The molecule has 1 aromatic carbocycles. The lowest BCUT2D eigenvalue weighted by Crippen LogP contribution is -2.14. The van der Waals surface area contributed by atoms with Gasteiger partial charge in [-0.25, -0.2) is 8.78 Å². The van der Waals surface area contributed by atoms with Gasteiger partial charge in [0.15, 0.2) is 17.4 Å². The maximum absolute atomic E-state index is 13.2. The summed E-state index contributed by atoms with van der Waals surface area (Å²) < 4.78 is 26.0. The fourth-order valence-electron chi connectivity index (χ4n) is 1.42. The van der Waals surface area contributed by atoms with Crippen molar-refractivity contribution in [1.29, 1.82) is 0 Å². The number of hydrogen-bond acceptors (Lipinski definition) is 1. The van der Waals surface area contributed by atoms with Crippen LogP contribution in [0.1, 0.15) is 30.1 Å². The van der Waals surface area contributed by atoms with Gasteiger partial charge in [0.25, 0.3) is 0 Å². The van der Waals surface area contributed by atoms with E-state index in [1.165, 1.54) is 12.1 Å². The molecule has 2 rings (SSSR count). The van der Waals surface area contributed by atoms with Gasteiger partial charge in [-0.2, -0.15) is 0 Å². The number of hydrogen-bond donors (Lipinski definition) is 0. The Hall–Kier alpha value is -1.25. The summed E-state index contributed by atoms with van der Waals surface area (Å²) in [6, 6.07) is 3.71. The summed E-state index contributed by atoms with van der Waals surface area (Å²) in [5.41, 5.74) is -0.570. The number of Topliss-reactive ketones (excluding diaryl/α,β-unsaturated/α-hetero) is 1. The third-order valence-corrected chi connectivity index (χ3v) is 2.74. The molecule has 0 bridgehead atoms. The Morgan fingerprint density at radius 2 is 2.00 bits per heavy atom. The summed E-state index contributed by atoms with van der Waals surface area (Å²) in [5.74, 6) is -2.26. The quantitative estimate of drug-likeness (QED) is 0.664. The van der Waals surface area contributed by atoms with Gasteiger partial charge in [-0.1, -0.05) is 13.0 Å². The van der Waals surface area contributed by atoms with Gasteiger partial charge < -0.3 is 0 Å². The Labute approximate surface area is 80.7 Å². The zero-order chi connectivity index (χ0) is 10.3. The third kappa shape index (κ3) is 1.33. The predicted molar refractivity (Wildman–Crippen MR) is 48.0 cm³/mol. The minimum Gasteiger partial charge on any atom is -0.293 e. The van der Waals surface area contributed by atoms with Gasteiger partial charge in [0, 0.05) is 5.41 Å². The molecule has 0 N–H and O–H groups in total. The third-order valence-electron chi connectivity index (χ3n) is 2.74. The minimum absolute atomic E-state index is 0.120. The number of carbonyl (C=O) groups excluding carboxylic acids is 1. The van der Waals surface area contributed by atoms with Crippen LogP contribution < -0.4 is 0 Å². The summed E-state index contributed by atoms with van der Waals surface area (Å²) in [4.78, 5) is 11.7. The first-order valence-corrected chi connectivity index (χ1v) is 4.53. The van der Waals surface area contributed by atoms with E-state index in [0.29, 0.717) is 0 Å². The van der Waals surface area contributed by atoms with Gasteiger partial charge in [-0.05, 0) is 25.0 Å². The number of rotatable bonds is 2. The first kappa shape index (κ1) is 9.31. The van der Waals surface area contributed by atoms with Crippen molar-refractivity contribution < 1.29 is 13.6 Å². The Kier molecular flexibility index (Phi) is 1.91. The van der Waals surface area contributed by atoms with Crippen molar-refractivity contribution in [3.63, 3.8) is 0 Å². The maximum atomic E-state index is 13.2. The molecule has 0 unspecified atom stereocenters. The van der Waals surface area contributed by atoms with E-state index in [2.05, 4.69) is 0 Å². The van der Waals surface area contributed by atoms with E-state index in [9.17, 15) is 13.6 Å². The van der Waals surface area contributed by atoms with Crippen LogP contribution in [0, 0.1) is 17.0 Å². The topological polar surface area (TPSA) is 17.1 Å². The number of halogens is 2. The normalized spacial score (nSPS) is 17.9. The molecular weight excluding hydrogens is 186 g/mol. The highest BCUT2D eigenvalue weighted by Crippen LogP contribution is 2.47. The molecule has 1 aliphatic rings. The second kappa shape index (κ2) is 2.87. The molecule has 74 valence electrons. The van der Waals surface area contributed by atoms with E-state index < -0.39 is 17.0 Å². The van der Waals surface area contributed by atoms with Gasteiger partial charge in [-0.15, -0.1) is 0 Å². The van der Waals surface area contributed by atoms with Crippen LogP contribution in [0.3, 0.4) is 0 Å².